The summed E-state index contributed by atoms with van der Waals surface area (Å²) in [5.41, 5.74) is 6.29. The predicted molar refractivity (Wildman–Crippen MR) is 103 cm³/mol. The number of likely N-dealkylation sites (tertiary alicyclic amines) is 1. The number of primary amides is 1. The molecule has 140 valence electrons. The Morgan fingerprint density at radius 1 is 0.960 bits per heavy atom. The highest BCUT2D eigenvalue weighted by Crippen LogP contribution is 2.12. The summed E-state index contributed by atoms with van der Waals surface area (Å²) in [5.74, 6) is -0.0337. The number of amides is 2. The van der Waals surface area contributed by atoms with Gasteiger partial charge in [-0.3, -0.25) is 9.59 Å². The van der Waals surface area contributed by atoms with Crippen molar-refractivity contribution in [3.63, 3.8) is 0 Å². The van der Waals surface area contributed by atoms with E-state index in [0.29, 0.717) is 12.8 Å². The first-order valence-corrected chi connectivity index (χ1v) is 9.29. The Morgan fingerprint density at radius 3 is 2.00 bits per heavy atom. The molecule has 2 amide bonds. The van der Waals surface area contributed by atoms with Crippen molar-refractivity contribution in [2.24, 2.45) is 5.73 Å². The van der Waals surface area contributed by atoms with Crippen LogP contribution in [0.15, 0.2) is 30.3 Å². The molecule has 1 saturated heterocycles. The van der Waals surface area contributed by atoms with E-state index in [1.807, 2.05) is 37.2 Å². The second kappa shape index (κ2) is 12.3. The van der Waals surface area contributed by atoms with Crippen LogP contribution < -0.4 is 10.6 Å². The van der Waals surface area contributed by atoms with Gasteiger partial charge in [-0.15, -0.1) is 0 Å². The van der Waals surface area contributed by atoms with Crippen LogP contribution in [0.25, 0.3) is 0 Å². The van der Waals surface area contributed by atoms with Gasteiger partial charge in [-0.1, -0.05) is 31.0 Å². The number of carbonyl (C=O) groups excluding carboxylic acids is 2. The summed E-state index contributed by atoms with van der Waals surface area (Å²) in [6, 6.07) is 10.3. The summed E-state index contributed by atoms with van der Waals surface area (Å²) >= 11 is 0. The number of carbonyl (C=O) groups is 2. The zero-order valence-corrected chi connectivity index (χ0v) is 15.7. The molecule has 0 saturated carbocycles. The number of nitrogens with zero attached hydrogens (tertiary/aromatic N) is 2. The molecule has 1 aromatic rings. The summed E-state index contributed by atoms with van der Waals surface area (Å²) in [5, 5.41) is 0. The third-order valence-electron chi connectivity index (χ3n) is 4.30. The molecular weight excluding hydrogens is 314 g/mol. The number of para-hydroxylation sites is 1. The molecule has 0 radical (unpaired) electrons. The highest BCUT2D eigenvalue weighted by Gasteiger charge is 2.14. The highest BCUT2D eigenvalue weighted by molar-refractivity contribution is 5.76. The lowest BCUT2D eigenvalue weighted by atomic mass is 10.1. The van der Waals surface area contributed by atoms with Crippen LogP contribution in [0, 0.1) is 0 Å². The SMILES string of the molecule is CN(C)c1ccccc1.NC(=O)CCCCC(=O)N1CCCCCC1. The van der Waals surface area contributed by atoms with E-state index in [2.05, 4.69) is 17.0 Å². The summed E-state index contributed by atoms with van der Waals surface area (Å²) in [6.07, 6.45) is 7.21. The van der Waals surface area contributed by atoms with Crippen molar-refractivity contribution in [3.05, 3.63) is 30.3 Å². The zero-order valence-electron chi connectivity index (χ0n) is 15.7. The van der Waals surface area contributed by atoms with E-state index in [1.165, 1.54) is 18.5 Å². The standard InChI is InChI=1S/C12H22N2O2.C8H11N/c13-11(15)7-3-4-8-12(16)14-9-5-1-2-6-10-14;1-9(2)8-6-4-3-5-7-8/h1-10H2,(H2,13,15);3-7H,1-2H3. The maximum Gasteiger partial charge on any atom is 0.222 e. The van der Waals surface area contributed by atoms with Crippen LogP contribution in [0.1, 0.15) is 51.4 Å². The van der Waals surface area contributed by atoms with Gasteiger partial charge in [0, 0.05) is 45.7 Å². The minimum absolute atomic E-state index is 0.242. The van der Waals surface area contributed by atoms with E-state index in [9.17, 15) is 9.59 Å². The maximum absolute atomic E-state index is 11.8. The number of unbranched alkanes of at least 4 members (excludes halogenated alkanes) is 1. The van der Waals surface area contributed by atoms with Gasteiger partial charge >= 0.3 is 0 Å². The molecule has 1 aliphatic rings. The largest absolute Gasteiger partial charge is 0.378 e. The van der Waals surface area contributed by atoms with Crippen molar-refractivity contribution < 1.29 is 9.59 Å². The van der Waals surface area contributed by atoms with Gasteiger partial charge in [0.05, 0.1) is 0 Å². The van der Waals surface area contributed by atoms with Crippen molar-refractivity contribution >= 4 is 17.5 Å². The summed E-state index contributed by atoms with van der Waals surface area (Å²) in [7, 11) is 4.07. The van der Waals surface area contributed by atoms with Crippen molar-refractivity contribution in [1.29, 1.82) is 0 Å². The van der Waals surface area contributed by atoms with Gasteiger partial charge in [0.2, 0.25) is 11.8 Å². The van der Waals surface area contributed by atoms with Gasteiger partial charge in [-0.25, -0.2) is 0 Å². The molecule has 2 N–H and O–H groups in total. The Hall–Kier alpha value is -2.04. The van der Waals surface area contributed by atoms with Gasteiger partial charge in [-0.05, 0) is 37.8 Å². The van der Waals surface area contributed by atoms with Gasteiger partial charge in [0.25, 0.3) is 0 Å². The fraction of sp³-hybridized carbons (Fsp3) is 0.600. The zero-order chi connectivity index (χ0) is 18.5. The number of hydrogen-bond acceptors (Lipinski definition) is 3. The number of benzene rings is 1. The molecule has 0 spiro atoms. The van der Waals surface area contributed by atoms with Crippen molar-refractivity contribution in [1.82, 2.24) is 4.90 Å². The lowest BCUT2D eigenvalue weighted by Crippen LogP contribution is -2.31. The first-order valence-electron chi connectivity index (χ1n) is 9.29. The maximum atomic E-state index is 11.8. The summed E-state index contributed by atoms with van der Waals surface area (Å²) in [6.45, 7) is 1.82. The Kier molecular flexibility index (Phi) is 10.4. The number of nitrogens with two attached hydrogens (primary N) is 1. The van der Waals surface area contributed by atoms with E-state index in [0.717, 1.165) is 38.8 Å². The molecule has 5 heteroatoms. The van der Waals surface area contributed by atoms with E-state index < -0.39 is 0 Å². The molecule has 1 heterocycles. The average Bonchev–Trinajstić information content (AvgIpc) is 2.89. The van der Waals surface area contributed by atoms with Gasteiger partial charge in [0.1, 0.15) is 0 Å². The smallest absolute Gasteiger partial charge is 0.222 e. The van der Waals surface area contributed by atoms with Gasteiger partial charge in [-0.2, -0.15) is 0 Å². The molecule has 0 aromatic heterocycles. The second-order valence-electron chi connectivity index (χ2n) is 6.70. The van der Waals surface area contributed by atoms with Gasteiger partial charge in [0.15, 0.2) is 0 Å². The lowest BCUT2D eigenvalue weighted by molar-refractivity contribution is -0.131. The minimum atomic E-state index is -0.276. The Labute approximate surface area is 152 Å². The Balaban J connectivity index is 0.000000293. The summed E-state index contributed by atoms with van der Waals surface area (Å²) < 4.78 is 0. The van der Waals surface area contributed by atoms with Crippen LogP contribution >= 0.6 is 0 Å². The lowest BCUT2D eigenvalue weighted by Gasteiger charge is -2.20. The Bertz CT molecular complexity index is 495. The van der Waals surface area contributed by atoms with E-state index in [4.69, 9.17) is 5.73 Å². The normalized spacial score (nSPS) is 14.1. The second-order valence-corrected chi connectivity index (χ2v) is 6.70. The number of rotatable bonds is 6. The monoisotopic (exact) mass is 347 g/mol. The molecule has 25 heavy (non-hydrogen) atoms. The first-order chi connectivity index (χ1) is 12.0. The van der Waals surface area contributed by atoms with Crippen molar-refractivity contribution in [2.45, 2.75) is 51.4 Å². The number of hydrogen-bond donors (Lipinski definition) is 1. The predicted octanol–water partition coefficient (Wildman–Crippen LogP) is 3.19. The molecule has 1 aromatic carbocycles. The quantitative estimate of drug-likeness (QED) is 0.804. The van der Waals surface area contributed by atoms with Crippen LogP contribution in [0.5, 0.6) is 0 Å². The third-order valence-corrected chi connectivity index (χ3v) is 4.30. The van der Waals surface area contributed by atoms with Crippen LogP contribution in [-0.2, 0) is 9.59 Å². The molecule has 5 nitrogen and oxygen atoms in total. The molecule has 2 rings (SSSR count). The number of anilines is 1. The molecule has 0 bridgehead atoms. The average molecular weight is 348 g/mol. The Morgan fingerprint density at radius 2 is 1.52 bits per heavy atom. The molecule has 0 atom stereocenters. The van der Waals surface area contributed by atoms with Gasteiger partial charge < -0.3 is 15.5 Å². The fourth-order valence-corrected chi connectivity index (χ4v) is 2.78. The minimum Gasteiger partial charge on any atom is -0.378 e. The molecule has 0 unspecified atom stereocenters. The molecule has 1 aliphatic heterocycles. The first kappa shape index (κ1) is 21.0. The van der Waals surface area contributed by atoms with E-state index in [1.54, 1.807) is 0 Å². The highest BCUT2D eigenvalue weighted by atomic mass is 16.2. The third kappa shape index (κ3) is 9.75. The van der Waals surface area contributed by atoms with Crippen molar-refractivity contribution in [3.8, 4) is 0 Å². The van der Waals surface area contributed by atoms with Crippen molar-refractivity contribution in [2.75, 3.05) is 32.1 Å². The van der Waals surface area contributed by atoms with Crippen LogP contribution in [-0.4, -0.2) is 43.9 Å². The molecular formula is C20H33N3O2. The fourth-order valence-electron chi connectivity index (χ4n) is 2.78. The molecule has 1 fully saturated rings. The van der Waals surface area contributed by atoms with Crippen LogP contribution in [0.4, 0.5) is 5.69 Å². The summed E-state index contributed by atoms with van der Waals surface area (Å²) in [4.78, 5) is 26.4. The molecule has 0 aliphatic carbocycles. The van der Waals surface area contributed by atoms with E-state index in [-0.39, 0.29) is 11.8 Å². The van der Waals surface area contributed by atoms with Crippen LogP contribution in [0.2, 0.25) is 0 Å². The van der Waals surface area contributed by atoms with Crippen LogP contribution in [0.3, 0.4) is 0 Å². The topological polar surface area (TPSA) is 66.6 Å². The van der Waals surface area contributed by atoms with E-state index >= 15 is 0 Å².